The number of rotatable bonds is 9. The molecule has 0 bridgehead atoms. The molecule has 2 aliphatic rings. The van der Waals surface area contributed by atoms with Crippen LogP contribution in [0, 0.1) is 0 Å². The first kappa shape index (κ1) is 23.4. The monoisotopic (exact) mass is 478 g/mol. The fraction of sp³-hybridized carbons (Fsp3) is 0.500. The second kappa shape index (κ2) is 10.1. The van der Waals surface area contributed by atoms with Gasteiger partial charge >= 0.3 is 10.3 Å². The zero-order chi connectivity index (χ0) is 23.4. The molecule has 4 rings (SSSR count). The van der Waals surface area contributed by atoms with Crippen LogP contribution in [0.1, 0.15) is 35.3 Å². The second-order valence-corrected chi connectivity index (χ2v) is 9.40. The lowest BCUT2D eigenvalue weighted by atomic mass is 10.1. The summed E-state index contributed by atoms with van der Waals surface area (Å²) in [6.07, 6.45) is 5.97. The Morgan fingerprint density at radius 2 is 2.24 bits per heavy atom. The normalized spacial score (nSPS) is 23.3. The van der Waals surface area contributed by atoms with Gasteiger partial charge in [-0.15, -0.1) is 0 Å². The van der Waals surface area contributed by atoms with Crippen molar-refractivity contribution in [1.82, 2.24) is 24.5 Å². The van der Waals surface area contributed by atoms with Crippen LogP contribution in [0.3, 0.4) is 0 Å². The molecule has 12 nitrogen and oxygen atoms in total. The predicted molar refractivity (Wildman–Crippen MR) is 117 cm³/mol. The molecule has 2 aromatic heterocycles. The van der Waals surface area contributed by atoms with Gasteiger partial charge in [-0.1, -0.05) is 6.08 Å². The minimum Gasteiger partial charge on any atom is -0.390 e. The number of carbonyl (C=O) groups is 1. The standard InChI is InChI=1S/C20H26N6O6S/c1-21-33(29,30)32-18-8-14(7-17(18)27)24-20-15(9-22-12-23-20)19(28)16-4-5-26(25-16)10-13-3-2-6-31-11-13/h3-5,9,12,14,17-18,21,27H,2,6-8,10-11H2,1H3,(H,22,23,24)/t14-,17+,18-/m1/s1. The predicted octanol–water partition coefficient (Wildman–Crippen LogP) is 0.0354. The first-order valence-electron chi connectivity index (χ1n) is 10.5. The topological polar surface area (TPSA) is 158 Å². The van der Waals surface area contributed by atoms with Gasteiger partial charge < -0.3 is 15.2 Å². The number of nitrogens with zero attached hydrogens (tertiary/aromatic N) is 4. The maximum Gasteiger partial charge on any atom is 0.335 e. The minimum absolute atomic E-state index is 0.214. The Balaban J connectivity index is 1.44. The number of hydrogen-bond donors (Lipinski definition) is 3. The van der Waals surface area contributed by atoms with Gasteiger partial charge in [-0.25, -0.2) is 9.97 Å². The SMILES string of the molecule is CNS(=O)(=O)O[C@@H]1C[C@H](Nc2ncncc2C(=O)c2ccn(CC3=CCCOC3)n2)C[C@@H]1O. The molecule has 3 N–H and O–H groups in total. The lowest BCUT2D eigenvalue weighted by Crippen LogP contribution is -2.31. The van der Waals surface area contributed by atoms with Crippen LogP contribution in [0.2, 0.25) is 0 Å². The van der Waals surface area contributed by atoms with Gasteiger partial charge in [0.05, 0.1) is 31.4 Å². The van der Waals surface area contributed by atoms with Crippen LogP contribution in [0.25, 0.3) is 0 Å². The van der Waals surface area contributed by atoms with Gasteiger partial charge in [-0.3, -0.25) is 13.7 Å². The minimum atomic E-state index is -3.94. The molecule has 33 heavy (non-hydrogen) atoms. The molecule has 1 aliphatic carbocycles. The number of ether oxygens (including phenoxy) is 1. The summed E-state index contributed by atoms with van der Waals surface area (Å²) in [5.74, 6) is -0.0721. The Kier molecular flexibility index (Phi) is 7.14. The maximum atomic E-state index is 13.1. The summed E-state index contributed by atoms with van der Waals surface area (Å²) < 4.78 is 37.5. The van der Waals surface area contributed by atoms with Crippen molar-refractivity contribution in [1.29, 1.82) is 0 Å². The van der Waals surface area contributed by atoms with E-state index in [-0.39, 0.29) is 41.7 Å². The highest BCUT2D eigenvalue weighted by atomic mass is 32.2. The molecule has 3 heterocycles. The van der Waals surface area contributed by atoms with Crippen LogP contribution < -0.4 is 10.0 Å². The van der Waals surface area contributed by atoms with Crippen molar-refractivity contribution < 1.29 is 27.2 Å². The lowest BCUT2D eigenvalue weighted by molar-refractivity contribution is 0.0636. The van der Waals surface area contributed by atoms with Gasteiger partial charge in [0.2, 0.25) is 5.78 Å². The molecule has 1 fully saturated rings. The summed E-state index contributed by atoms with van der Waals surface area (Å²) >= 11 is 0. The summed E-state index contributed by atoms with van der Waals surface area (Å²) in [5, 5.41) is 17.7. The number of ketones is 1. The average molecular weight is 479 g/mol. The van der Waals surface area contributed by atoms with E-state index in [1.54, 1.807) is 16.9 Å². The van der Waals surface area contributed by atoms with Crippen LogP contribution >= 0.6 is 0 Å². The fourth-order valence-corrected chi connectivity index (χ4v) is 4.48. The average Bonchev–Trinajstić information content (AvgIpc) is 3.40. The first-order chi connectivity index (χ1) is 15.8. The molecule has 0 radical (unpaired) electrons. The molecule has 0 amide bonds. The number of aliphatic hydroxyl groups is 1. The second-order valence-electron chi connectivity index (χ2n) is 7.89. The largest absolute Gasteiger partial charge is 0.390 e. The van der Waals surface area contributed by atoms with Crippen LogP contribution in [0.15, 0.2) is 36.4 Å². The highest BCUT2D eigenvalue weighted by molar-refractivity contribution is 7.84. The third-order valence-electron chi connectivity index (χ3n) is 5.49. The Bertz CT molecular complexity index is 1130. The summed E-state index contributed by atoms with van der Waals surface area (Å²) in [4.78, 5) is 21.2. The number of aromatic nitrogens is 4. The molecule has 0 unspecified atom stereocenters. The summed E-state index contributed by atoms with van der Waals surface area (Å²) in [7, 11) is -2.71. The van der Waals surface area contributed by atoms with Crippen molar-refractivity contribution in [3.8, 4) is 0 Å². The molecule has 0 saturated heterocycles. The lowest BCUT2D eigenvalue weighted by Gasteiger charge is -2.15. The van der Waals surface area contributed by atoms with Gasteiger partial charge in [0.25, 0.3) is 0 Å². The number of carbonyl (C=O) groups excluding carboxylic acids is 1. The molecule has 0 aromatic carbocycles. The highest BCUT2D eigenvalue weighted by Crippen LogP contribution is 2.27. The van der Waals surface area contributed by atoms with Crippen molar-refractivity contribution in [3.05, 3.63) is 47.7 Å². The van der Waals surface area contributed by atoms with Crippen LogP contribution in [-0.2, 0) is 25.8 Å². The summed E-state index contributed by atoms with van der Waals surface area (Å²) in [6, 6.07) is 1.28. The van der Waals surface area contributed by atoms with Crippen LogP contribution in [0.5, 0.6) is 0 Å². The number of hydrogen-bond acceptors (Lipinski definition) is 10. The molecule has 1 saturated carbocycles. The van der Waals surface area contributed by atoms with E-state index in [0.29, 0.717) is 19.8 Å². The van der Waals surface area contributed by atoms with Gasteiger partial charge in [-0.05, 0) is 30.9 Å². The number of nitrogens with one attached hydrogen (secondary N) is 2. The van der Waals surface area contributed by atoms with Crippen molar-refractivity contribution >= 4 is 21.9 Å². The Hall–Kier alpha value is -2.71. The summed E-state index contributed by atoms with van der Waals surface area (Å²) in [6.45, 7) is 1.81. The van der Waals surface area contributed by atoms with Crippen molar-refractivity contribution in [2.24, 2.45) is 0 Å². The van der Waals surface area contributed by atoms with Gasteiger partial charge in [-0.2, -0.15) is 18.2 Å². The smallest absolute Gasteiger partial charge is 0.335 e. The van der Waals surface area contributed by atoms with E-state index in [9.17, 15) is 18.3 Å². The fourth-order valence-electron chi connectivity index (χ4n) is 3.85. The molecule has 13 heteroatoms. The molecule has 0 spiro atoms. The van der Waals surface area contributed by atoms with Gasteiger partial charge in [0, 0.05) is 25.5 Å². The number of aliphatic hydroxyl groups excluding tert-OH is 1. The van der Waals surface area contributed by atoms with Gasteiger partial charge in [0.1, 0.15) is 23.9 Å². The van der Waals surface area contributed by atoms with Crippen molar-refractivity contribution in [2.45, 2.75) is 44.1 Å². The van der Waals surface area contributed by atoms with Crippen molar-refractivity contribution in [2.75, 3.05) is 25.6 Å². The quantitative estimate of drug-likeness (QED) is 0.332. The van der Waals surface area contributed by atoms with E-state index < -0.39 is 22.5 Å². The zero-order valence-electron chi connectivity index (χ0n) is 18.0. The van der Waals surface area contributed by atoms with E-state index in [1.807, 2.05) is 0 Å². The molecule has 2 aromatic rings. The molecule has 3 atom stereocenters. The van der Waals surface area contributed by atoms with E-state index in [2.05, 4.69) is 31.2 Å². The third-order valence-corrected chi connectivity index (χ3v) is 6.49. The number of anilines is 1. The third kappa shape index (κ3) is 5.81. The molecular weight excluding hydrogens is 452 g/mol. The van der Waals surface area contributed by atoms with E-state index in [0.717, 1.165) is 12.0 Å². The van der Waals surface area contributed by atoms with Crippen LogP contribution in [-0.4, -0.2) is 77.6 Å². The molecule has 1 aliphatic heterocycles. The van der Waals surface area contributed by atoms with Gasteiger partial charge in [0.15, 0.2) is 0 Å². The van der Waals surface area contributed by atoms with E-state index in [1.165, 1.54) is 19.6 Å². The Morgan fingerprint density at radius 3 is 3.00 bits per heavy atom. The summed E-state index contributed by atoms with van der Waals surface area (Å²) in [5.41, 5.74) is 1.58. The zero-order valence-corrected chi connectivity index (χ0v) is 18.9. The highest BCUT2D eigenvalue weighted by Gasteiger charge is 2.37. The molecular formula is C20H26N6O6S. The van der Waals surface area contributed by atoms with E-state index >= 15 is 0 Å². The van der Waals surface area contributed by atoms with Crippen LogP contribution in [0.4, 0.5) is 5.82 Å². The Morgan fingerprint density at radius 1 is 1.39 bits per heavy atom. The maximum absolute atomic E-state index is 13.1. The van der Waals surface area contributed by atoms with E-state index in [4.69, 9.17) is 8.92 Å². The first-order valence-corrected chi connectivity index (χ1v) is 12.0. The molecule has 178 valence electrons. The van der Waals surface area contributed by atoms with Crippen molar-refractivity contribution in [3.63, 3.8) is 0 Å². The Labute approximate surface area is 191 Å².